The number of aryl methyl sites for hydroxylation is 1. The molecule has 102 valence electrons. The lowest BCUT2D eigenvalue weighted by atomic mass is 9.72. The number of nitrogen functional groups attached to an aromatic ring is 1. The van der Waals surface area contributed by atoms with E-state index in [4.69, 9.17) is 10.8 Å². The van der Waals surface area contributed by atoms with Crippen molar-refractivity contribution >= 4 is 17.2 Å². The highest BCUT2D eigenvalue weighted by Gasteiger charge is 2.35. The molecule has 1 aliphatic rings. The van der Waals surface area contributed by atoms with Crippen molar-refractivity contribution in [2.75, 3.05) is 5.73 Å². The second-order valence-electron chi connectivity index (χ2n) is 5.83. The first kappa shape index (κ1) is 12.7. The van der Waals surface area contributed by atoms with E-state index < -0.39 is 0 Å². The fraction of sp³-hybridized carbons (Fsp3) is 0.533. The number of nitrogens with two attached hydrogens (primary N) is 1. The van der Waals surface area contributed by atoms with Gasteiger partial charge in [0.15, 0.2) is 0 Å². The SMILES string of the molecule is Cn1nc(C2(C)CCCCC2)c(-c2cccs2)c1N. The van der Waals surface area contributed by atoms with Crippen molar-refractivity contribution in [1.82, 2.24) is 9.78 Å². The first-order chi connectivity index (χ1) is 9.12. The molecule has 0 aliphatic heterocycles. The minimum Gasteiger partial charge on any atom is -0.383 e. The van der Waals surface area contributed by atoms with E-state index in [0.717, 1.165) is 5.82 Å². The Balaban J connectivity index is 2.13. The summed E-state index contributed by atoms with van der Waals surface area (Å²) in [6.07, 6.45) is 6.41. The number of nitrogens with zero attached hydrogens (tertiary/aromatic N) is 2. The van der Waals surface area contributed by atoms with E-state index >= 15 is 0 Å². The predicted molar refractivity (Wildman–Crippen MR) is 81.4 cm³/mol. The van der Waals surface area contributed by atoms with Crippen LogP contribution in [-0.2, 0) is 12.5 Å². The molecule has 3 nitrogen and oxygen atoms in total. The smallest absolute Gasteiger partial charge is 0.130 e. The van der Waals surface area contributed by atoms with Crippen LogP contribution in [0.2, 0.25) is 0 Å². The molecule has 0 spiro atoms. The predicted octanol–water partition coefficient (Wildman–Crippen LogP) is 3.95. The molecule has 19 heavy (non-hydrogen) atoms. The Kier molecular flexibility index (Phi) is 3.13. The fourth-order valence-electron chi connectivity index (χ4n) is 3.19. The molecule has 1 fully saturated rings. The summed E-state index contributed by atoms with van der Waals surface area (Å²) < 4.78 is 1.84. The lowest BCUT2D eigenvalue weighted by Crippen LogP contribution is -2.26. The molecule has 0 bridgehead atoms. The molecule has 0 saturated heterocycles. The summed E-state index contributed by atoms with van der Waals surface area (Å²) in [6, 6.07) is 4.23. The summed E-state index contributed by atoms with van der Waals surface area (Å²) in [6.45, 7) is 2.35. The molecule has 0 radical (unpaired) electrons. The zero-order valence-corrected chi connectivity index (χ0v) is 12.5. The Morgan fingerprint density at radius 2 is 2.05 bits per heavy atom. The van der Waals surface area contributed by atoms with Gasteiger partial charge < -0.3 is 5.73 Å². The molecule has 2 aromatic heterocycles. The van der Waals surface area contributed by atoms with Crippen LogP contribution in [0.3, 0.4) is 0 Å². The van der Waals surface area contributed by atoms with Gasteiger partial charge in [0.2, 0.25) is 0 Å². The molecule has 0 amide bonds. The van der Waals surface area contributed by atoms with Crippen LogP contribution in [0.15, 0.2) is 17.5 Å². The summed E-state index contributed by atoms with van der Waals surface area (Å²) in [7, 11) is 1.95. The number of rotatable bonds is 2. The molecule has 2 heterocycles. The van der Waals surface area contributed by atoms with Crippen LogP contribution in [0.5, 0.6) is 0 Å². The summed E-state index contributed by atoms with van der Waals surface area (Å²) >= 11 is 1.75. The van der Waals surface area contributed by atoms with E-state index in [1.165, 1.54) is 48.2 Å². The monoisotopic (exact) mass is 275 g/mol. The van der Waals surface area contributed by atoms with E-state index in [2.05, 4.69) is 24.4 Å². The molecule has 2 aromatic rings. The van der Waals surface area contributed by atoms with Gasteiger partial charge in [0.25, 0.3) is 0 Å². The van der Waals surface area contributed by atoms with E-state index in [9.17, 15) is 0 Å². The third kappa shape index (κ3) is 2.08. The second-order valence-corrected chi connectivity index (χ2v) is 6.78. The van der Waals surface area contributed by atoms with Gasteiger partial charge in [-0.25, -0.2) is 0 Å². The van der Waals surface area contributed by atoms with Crippen molar-refractivity contribution in [3.8, 4) is 10.4 Å². The molecule has 4 heteroatoms. The van der Waals surface area contributed by atoms with Crippen LogP contribution in [0.25, 0.3) is 10.4 Å². The number of hydrogen-bond donors (Lipinski definition) is 1. The van der Waals surface area contributed by atoms with E-state index in [1.54, 1.807) is 11.3 Å². The third-order valence-corrected chi connectivity index (χ3v) is 5.28. The third-order valence-electron chi connectivity index (χ3n) is 4.39. The summed E-state index contributed by atoms with van der Waals surface area (Å²) in [4.78, 5) is 1.24. The van der Waals surface area contributed by atoms with Crippen LogP contribution in [-0.4, -0.2) is 9.78 Å². The first-order valence-electron chi connectivity index (χ1n) is 6.99. The van der Waals surface area contributed by atoms with Gasteiger partial charge in [-0.15, -0.1) is 11.3 Å². The van der Waals surface area contributed by atoms with Crippen LogP contribution in [0, 0.1) is 0 Å². The zero-order valence-electron chi connectivity index (χ0n) is 11.6. The highest BCUT2D eigenvalue weighted by Crippen LogP contribution is 2.45. The van der Waals surface area contributed by atoms with Crippen molar-refractivity contribution in [1.29, 1.82) is 0 Å². The average Bonchev–Trinajstić information content (AvgIpc) is 3.00. The van der Waals surface area contributed by atoms with Crippen LogP contribution < -0.4 is 5.73 Å². The quantitative estimate of drug-likeness (QED) is 0.901. The molecule has 0 unspecified atom stereocenters. The average molecular weight is 275 g/mol. The molecule has 2 N–H and O–H groups in total. The van der Waals surface area contributed by atoms with Crippen LogP contribution >= 0.6 is 11.3 Å². The molecule has 0 aromatic carbocycles. The van der Waals surface area contributed by atoms with Gasteiger partial charge in [-0.05, 0) is 24.3 Å². The second kappa shape index (κ2) is 4.67. The van der Waals surface area contributed by atoms with Gasteiger partial charge in [0.05, 0.1) is 11.3 Å². The number of anilines is 1. The van der Waals surface area contributed by atoms with E-state index in [1.807, 2.05) is 11.7 Å². The maximum Gasteiger partial charge on any atom is 0.130 e. The molecule has 1 saturated carbocycles. The van der Waals surface area contributed by atoms with Gasteiger partial charge in [-0.2, -0.15) is 5.10 Å². The van der Waals surface area contributed by atoms with Gasteiger partial charge in [-0.1, -0.05) is 32.3 Å². The molecule has 0 atom stereocenters. The van der Waals surface area contributed by atoms with Crippen molar-refractivity contribution in [3.05, 3.63) is 23.2 Å². The van der Waals surface area contributed by atoms with Gasteiger partial charge in [0, 0.05) is 17.3 Å². The standard InChI is InChI=1S/C15H21N3S/c1-15(8-4-3-5-9-15)13-12(11-7-6-10-19-11)14(16)18(2)17-13/h6-7,10H,3-5,8-9,16H2,1-2H3. The van der Waals surface area contributed by atoms with Crippen molar-refractivity contribution in [3.63, 3.8) is 0 Å². The molecular weight excluding hydrogens is 254 g/mol. The maximum absolute atomic E-state index is 6.27. The summed E-state index contributed by atoms with van der Waals surface area (Å²) in [5.41, 5.74) is 8.83. The van der Waals surface area contributed by atoms with Gasteiger partial charge >= 0.3 is 0 Å². The minimum atomic E-state index is 0.187. The van der Waals surface area contributed by atoms with Gasteiger partial charge in [0.1, 0.15) is 5.82 Å². The summed E-state index contributed by atoms with van der Waals surface area (Å²) in [5.74, 6) is 0.796. The Morgan fingerprint density at radius 3 is 2.68 bits per heavy atom. The van der Waals surface area contributed by atoms with E-state index in [0.29, 0.717) is 0 Å². The number of thiophene rings is 1. The Hall–Kier alpha value is -1.29. The zero-order chi connectivity index (χ0) is 13.5. The van der Waals surface area contributed by atoms with Crippen LogP contribution in [0.1, 0.15) is 44.7 Å². The maximum atomic E-state index is 6.27. The number of aromatic nitrogens is 2. The van der Waals surface area contributed by atoms with E-state index in [-0.39, 0.29) is 5.41 Å². The van der Waals surface area contributed by atoms with Crippen molar-refractivity contribution < 1.29 is 0 Å². The molecule has 1 aliphatic carbocycles. The largest absolute Gasteiger partial charge is 0.383 e. The normalized spacial score (nSPS) is 18.6. The molecular formula is C15H21N3S. The highest BCUT2D eigenvalue weighted by molar-refractivity contribution is 7.13. The summed E-state index contributed by atoms with van der Waals surface area (Å²) in [5, 5.41) is 6.87. The highest BCUT2D eigenvalue weighted by atomic mass is 32.1. The topological polar surface area (TPSA) is 43.8 Å². The lowest BCUT2D eigenvalue weighted by molar-refractivity contribution is 0.311. The lowest BCUT2D eigenvalue weighted by Gasteiger charge is -2.32. The minimum absolute atomic E-state index is 0.187. The first-order valence-corrected chi connectivity index (χ1v) is 7.87. The Morgan fingerprint density at radius 1 is 1.32 bits per heavy atom. The van der Waals surface area contributed by atoms with Crippen molar-refractivity contribution in [2.45, 2.75) is 44.4 Å². The van der Waals surface area contributed by atoms with Crippen molar-refractivity contribution in [2.24, 2.45) is 7.05 Å². The Bertz CT molecular complexity index is 562. The van der Waals surface area contributed by atoms with Crippen LogP contribution in [0.4, 0.5) is 5.82 Å². The Labute approximate surface area is 118 Å². The number of hydrogen-bond acceptors (Lipinski definition) is 3. The molecule has 3 rings (SSSR count). The fourth-order valence-corrected chi connectivity index (χ4v) is 3.97. The van der Waals surface area contributed by atoms with Gasteiger partial charge in [-0.3, -0.25) is 4.68 Å².